The quantitative estimate of drug-likeness (QED) is 0.813. The number of hydrogen-bond donors (Lipinski definition) is 2. The van der Waals surface area contributed by atoms with Crippen LogP contribution in [0.2, 0.25) is 0 Å². The van der Waals surface area contributed by atoms with E-state index in [0.717, 1.165) is 24.2 Å². The second kappa shape index (κ2) is 7.76. The first-order valence-electron chi connectivity index (χ1n) is 9.43. The second-order valence-corrected chi connectivity index (χ2v) is 7.01. The molecule has 2 aliphatic heterocycles. The number of rotatable bonds is 6. The summed E-state index contributed by atoms with van der Waals surface area (Å²) < 4.78 is 5.20. The zero-order chi connectivity index (χ0) is 19.5. The van der Waals surface area contributed by atoms with Gasteiger partial charge in [0.05, 0.1) is 31.0 Å². The van der Waals surface area contributed by atoms with Crippen molar-refractivity contribution in [3.05, 3.63) is 77.0 Å². The number of benzene rings is 2. The molecular formula is C22H23N3O3. The topological polar surface area (TPSA) is 70.7 Å². The van der Waals surface area contributed by atoms with Gasteiger partial charge in [-0.05, 0) is 36.1 Å². The Hall–Kier alpha value is -3.28. The molecule has 2 aromatic rings. The third-order valence-corrected chi connectivity index (χ3v) is 5.21. The standard InChI is InChI=1S/C22H23N3O3/c1-28-17-11-9-16(10-12-17)20-19-18(23-22(27)24-20)14-25(21(19)26)13-5-8-15-6-3-2-4-7-15/h2-4,6-7,9-12,20H,5,8,13-14H2,1H3,(H2,23,24,27)/t20-/m0/s1. The van der Waals surface area contributed by atoms with Crippen LogP contribution in [0.3, 0.4) is 0 Å². The minimum atomic E-state index is -0.443. The first-order valence-corrected chi connectivity index (χ1v) is 9.43. The third kappa shape index (κ3) is 3.58. The van der Waals surface area contributed by atoms with Gasteiger partial charge in [-0.15, -0.1) is 0 Å². The molecule has 0 spiro atoms. The highest BCUT2D eigenvalue weighted by molar-refractivity contribution is 6.01. The maximum atomic E-state index is 13.0. The van der Waals surface area contributed by atoms with Crippen molar-refractivity contribution in [3.8, 4) is 5.75 Å². The highest BCUT2D eigenvalue weighted by atomic mass is 16.5. The summed E-state index contributed by atoms with van der Waals surface area (Å²) in [6.07, 6.45) is 1.80. The third-order valence-electron chi connectivity index (χ3n) is 5.21. The number of amides is 3. The van der Waals surface area contributed by atoms with Crippen LogP contribution in [0.25, 0.3) is 0 Å². The Morgan fingerprint density at radius 2 is 1.82 bits per heavy atom. The van der Waals surface area contributed by atoms with Gasteiger partial charge >= 0.3 is 6.03 Å². The first kappa shape index (κ1) is 18.1. The van der Waals surface area contributed by atoms with E-state index in [1.165, 1.54) is 5.56 Å². The van der Waals surface area contributed by atoms with Gasteiger partial charge in [0, 0.05) is 6.54 Å². The molecule has 3 amide bonds. The van der Waals surface area contributed by atoms with Gasteiger partial charge in [-0.25, -0.2) is 4.79 Å². The smallest absolute Gasteiger partial charge is 0.319 e. The average molecular weight is 377 g/mol. The van der Waals surface area contributed by atoms with Crippen molar-refractivity contribution in [2.45, 2.75) is 18.9 Å². The lowest BCUT2D eigenvalue weighted by Gasteiger charge is -2.25. The summed E-state index contributed by atoms with van der Waals surface area (Å²) in [6.45, 7) is 1.11. The van der Waals surface area contributed by atoms with Crippen LogP contribution < -0.4 is 15.4 Å². The maximum absolute atomic E-state index is 13.0. The Labute approximate surface area is 164 Å². The van der Waals surface area contributed by atoms with E-state index in [2.05, 4.69) is 22.8 Å². The lowest BCUT2D eigenvalue weighted by molar-refractivity contribution is -0.125. The van der Waals surface area contributed by atoms with Crippen molar-refractivity contribution >= 4 is 11.9 Å². The molecule has 0 fully saturated rings. The number of ether oxygens (including phenoxy) is 1. The monoisotopic (exact) mass is 377 g/mol. The van der Waals surface area contributed by atoms with Gasteiger partial charge in [0.25, 0.3) is 5.91 Å². The lowest BCUT2D eigenvalue weighted by atomic mass is 9.96. The van der Waals surface area contributed by atoms with Gasteiger partial charge in [-0.3, -0.25) is 4.79 Å². The van der Waals surface area contributed by atoms with Crippen LogP contribution in [-0.4, -0.2) is 37.0 Å². The molecule has 1 atom stereocenters. The Kier molecular flexibility index (Phi) is 5.02. The van der Waals surface area contributed by atoms with E-state index in [1.807, 2.05) is 47.4 Å². The van der Waals surface area contributed by atoms with E-state index >= 15 is 0 Å². The fourth-order valence-electron chi connectivity index (χ4n) is 3.77. The SMILES string of the molecule is COc1ccc([C@@H]2NC(=O)NC3=C2C(=O)N(CCCc2ccccc2)C3)cc1. The summed E-state index contributed by atoms with van der Waals surface area (Å²) in [5, 5.41) is 5.69. The molecule has 144 valence electrons. The summed E-state index contributed by atoms with van der Waals surface area (Å²) in [7, 11) is 1.61. The van der Waals surface area contributed by atoms with Gasteiger partial charge in [0.15, 0.2) is 0 Å². The Balaban J connectivity index is 1.47. The molecule has 2 heterocycles. The van der Waals surface area contributed by atoms with Crippen LogP contribution in [0.5, 0.6) is 5.75 Å². The minimum absolute atomic E-state index is 0.0172. The summed E-state index contributed by atoms with van der Waals surface area (Å²) >= 11 is 0. The van der Waals surface area contributed by atoms with Crippen molar-refractivity contribution < 1.29 is 14.3 Å². The molecule has 0 saturated heterocycles. The molecular weight excluding hydrogens is 354 g/mol. The Morgan fingerprint density at radius 3 is 2.54 bits per heavy atom. The molecule has 0 bridgehead atoms. The van der Waals surface area contributed by atoms with E-state index in [1.54, 1.807) is 7.11 Å². The highest BCUT2D eigenvalue weighted by Crippen LogP contribution is 2.33. The van der Waals surface area contributed by atoms with Crippen LogP contribution >= 0.6 is 0 Å². The molecule has 0 aromatic heterocycles. The van der Waals surface area contributed by atoms with Crippen LogP contribution in [-0.2, 0) is 11.2 Å². The van der Waals surface area contributed by atoms with Gasteiger partial charge in [-0.2, -0.15) is 0 Å². The number of aryl methyl sites for hydroxylation is 1. The van der Waals surface area contributed by atoms with Crippen molar-refractivity contribution in [2.24, 2.45) is 0 Å². The molecule has 0 unspecified atom stereocenters. The zero-order valence-electron chi connectivity index (χ0n) is 15.8. The summed E-state index contributed by atoms with van der Waals surface area (Å²) in [5.41, 5.74) is 3.46. The van der Waals surface area contributed by atoms with Crippen molar-refractivity contribution in [1.82, 2.24) is 15.5 Å². The Morgan fingerprint density at radius 1 is 1.07 bits per heavy atom. The van der Waals surface area contributed by atoms with Crippen molar-refractivity contribution in [3.63, 3.8) is 0 Å². The molecule has 0 aliphatic carbocycles. The fourth-order valence-corrected chi connectivity index (χ4v) is 3.77. The number of nitrogens with zero attached hydrogens (tertiary/aromatic N) is 1. The van der Waals surface area contributed by atoms with E-state index in [-0.39, 0.29) is 11.9 Å². The molecule has 2 aromatic carbocycles. The number of methoxy groups -OCH3 is 1. The van der Waals surface area contributed by atoms with Gasteiger partial charge in [0.1, 0.15) is 5.75 Å². The van der Waals surface area contributed by atoms with Crippen LogP contribution in [0.4, 0.5) is 4.79 Å². The molecule has 0 saturated carbocycles. The molecule has 6 heteroatoms. The number of urea groups is 1. The maximum Gasteiger partial charge on any atom is 0.319 e. The van der Waals surface area contributed by atoms with Crippen LogP contribution in [0.15, 0.2) is 65.9 Å². The largest absolute Gasteiger partial charge is 0.497 e. The average Bonchev–Trinajstić information content (AvgIpc) is 3.03. The van der Waals surface area contributed by atoms with Crippen molar-refractivity contribution in [1.29, 1.82) is 0 Å². The van der Waals surface area contributed by atoms with Crippen molar-refractivity contribution in [2.75, 3.05) is 20.2 Å². The summed E-state index contributed by atoms with van der Waals surface area (Å²) in [6, 6.07) is 16.9. The number of carbonyl (C=O) groups excluding carboxylic acids is 2. The van der Waals surface area contributed by atoms with Gasteiger partial charge in [0.2, 0.25) is 0 Å². The summed E-state index contributed by atoms with van der Waals surface area (Å²) in [4.78, 5) is 27.0. The Bertz CT molecular complexity index is 906. The lowest BCUT2D eigenvalue weighted by Crippen LogP contribution is -2.44. The number of hydrogen-bond acceptors (Lipinski definition) is 3. The zero-order valence-corrected chi connectivity index (χ0v) is 15.8. The first-order chi connectivity index (χ1) is 13.7. The van der Waals surface area contributed by atoms with E-state index < -0.39 is 6.04 Å². The van der Waals surface area contributed by atoms with E-state index in [0.29, 0.717) is 24.4 Å². The molecule has 0 radical (unpaired) electrons. The normalized spacial score (nSPS) is 18.6. The predicted molar refractivity (Wildman–Crippen MR) is 106 cm³/mol. The molecule has 4 rings (SSSR count). The minimum Gasteiger partial charge on any atom is -0.497 e. The fraction of sp³-hybridized carbons (Fsp3) is 0.273. The van der Waals surface area contributed by atoms with Gasteiger partial charge < -0.3 is 20.3 Å². The molecule has 2 aliphatic rings. The van der Waals surface area contributed by atoms with Crippen LogP contribution in [0, 0.1) is 0 Å². The number of carbonyl (C=O) groups is 2. The van der Waals surface area contributed by atoms with E-state index in [4.69, 9.17) is 4.74 Å². The molecule has 28 heavy (non-hydrogen) atoms. The second-order valence-electron chi connectivity index (χ2n) is 7.01. The van der Waals surface area contributed by atoms with Gasteiger partial charge in [-0.1, -0.05) is 42.5 Å². The molecule has 2 N–H and O–H groups in total. The number of nitrogens with one attached hydrogen (secondary N) is 2. The summed E-state index contributed by atoms with van der Waals surface area (Å²) in [5.74, 6) is 0.717. The van der Waals surface area contributed by atoms with Crippen LogP contribution in [0.1, 0.15) is 23.6 Å². The highest BCUT2D eigenvalue weighted by Gasteiger charge is 2.40. The predicted octanol–water partition coefficient (Wildman–Crippen LogP) is 2.78. The molecule has 6 nitrogen and oxygen atoms in total. The van der Waals surface area contributed by atoms with E-state index in [9.17, 15) is 9.59 Å².